The van der Waals surface area contributed by atoms with Gasteiger partial charge < -0.3 is 5.32 Å². The number of rotatable bonds is 6. The summed E-state index contributed by atoms with van der Waals surface area (Å²) < 4.78 is 1.32. The lowest BCUT2D eigenvalue weighted by Gasteiger charge is -2.06. The molecule has 2 aromatic heterocycles. The first kappa shape index (κ1) is 18.4. The number of pyridine rings is 1. The highest BCUT2D eigenvalue weighted by atomic mass is 32.1. The fraction of sp³-hybridized carbons (Fsp3) is 0.167. The van der Waals surface area contributed by atoms with E-state index in [0.717, 1.165) is 18.5 Å². The Bertz CT molecular complexity index is 1050. The van der Waals surface area contributed by atoms with Gasteiger partial charge in [-0.05, 0) is 60.5 Å². The molecule has 0 atom stereocenters. The highest BCUT2D eigenvalue weighted by molar-refractivity contribution is 7.22. The molecule has 1 N–H and O–H groups in total. The predicted molar refractivity (Wildman–Crippen MR) is 117 cm³/mol. The van der Waals surface area contributed by atoms with Gasteiger partial charge in [-0.2, -0.15) is 0 Å². The van der Waals surface area contributed by atoms with Crippen LogP contribution in [0.1, 0.15) is 28.0 Å². The number of aromatic nitrogens is 1. The number of hydrogen-bond donors (Lipinski definition) is 1. The van der Waals surface area contributed by atoms with Crippen LogP contribution in [0.25, 0.3) is 20.5 Å². The van der Waals surface area contributed by atoms with Gasteiger partial charge in [-0.15, -0.1) is 11.3 Å². The van der Waals surface area contributed by atoms with Crippen molar-refractivity contribution in [2.75, 3.05) is 6.54 Å². The summed E-state index contributed by atoms with van der Waals surface area (Å²) in [6.45, 7) is 2.57. The van der Waals surface area contributed by atoms with Crippen molar-refractivity contribution in [3.05, 3.63) is 89.7 Å². The third kappa shape index (κ3) is 4.29. The summed E-state index contributed by atoms with van der Waals surface area (Å²) >= 11 is 1.83. The van der Waals surface area contributed by atoms with E-state index in [9.17, 15) is 4.79 Å². The largest absolute Gasteiger partial charge is 0.352 e. The fourth-order valence-corrected chi connectivity index (χ4v) is 4.23. The molecule has 4 rings (SSSR count). The maximum Gasteiger partial charge on any atom is 0.252 e. The number of nitrogens with one attached hydrogen (secondary N) is 1. The van der Waals surface area contributed by atoms with Gasteiger partial charge in [-0.1, -0.05) is 42.5 Å². The van der Waals surface area contributed by atoms with Gasteiger partial charge in [-0.3, -0.25) is 9.78 Å². The number of amides is 1. The molecule has 2 aromatic carbocycles. The van der Waals surface area contributed by atoms with Crippen LogP contribution >= 0.6 is 11.3 Å². The molecular formula is C24H22N2OS. The van der Waals surface area contributed by atoms with Crippen molar-refractivity contribution in [2.24, 2.45) is 0 Å². The third-order valence-electron chi connectivity index (χ3n) is 4.77. The third-order valence-corrected chi connectivity index (χ3v) is 5.93. The first-order valence-corrected chi connectivity index (χ1v) is 10.3. The summed E-state index contributed by atoms with van der Waals surface area (Å²) in [5.41, 5.74) is 4.06. The number of thiophene rings is 1. The van der Waals surface area contributed by atoms with Crippen LogP contribution in [0.15, 0.2) is 72.9 Å². The minimum absolute atomic E-state index is 0.0624. The van der Waals surface area contributed by atoms with Crippen molar-refractivity contribution in [1.82, 2.24) is 10.3 Å². The first-order valence-electron chi connectivity index (χ1n) is 9.48. The van der Waals surface area contributed by atoms with Gasteiger partial charge in [0.25, 0.3) is 5.91 Å². The van der Waals surface area contributed by atoms with Crippen LogP contribution in [-0.2, 0) is 6.42 Å². The van der Waals surface area contributed by atoms with E-state index >= 15 is 0 Å². The highest BCUT2D eigenvalue weighted by Gasteiger charge is 2.06. The molecule has 0 fully saturated rings. The van der Waals surface area contributed by atoms with Crippen molar-refractivity contribution in [1.29, 1.82) is 0 Å². The molecule has 4 aromatic rings. The standard InChI is InChI=1S/C24H22N2OS/c1-17-8-11-21(16-26-17)24(27)25-14-4-5-18-9-12-19(13-10-18)23-15-20-6-2-3-7-22(20)28-23/h2-3,6-13,15-16H,4-5,14H2,1H3,(H,25,27). The van der Waals surface area contributed by atoms with Crippen molar-refractivity contribution < 1.29 is 4.79 Å². The van der Waals surface area contributed by atoms with Crippen LogP contribution in [0.5, 0.6) is 0 Å². The topological polar surface area (TPSA) is 42.0 Å². The van der Waals surface area contributed by atoms with Crippen molar-refractivity contribution >= 4 is 27.3 Å². The first-order chi connectivity index (χ1) is 13.7. The van der Waals surface area contributed by atoms with Crippen LogP contribution in [0.4, 0.5) is 0 Å². The number of aryl methyl sites for hydroxylation is 2. The lowest BCUT2D eigenvalue weighted by molar-refractivity contribution is 0.0953. The zero-order valence-corrected chi connectivity index (χ0v) is 16.6. The minimum atomic E-state index is -0.0624. The number of hydrogen-bond acceptors (Lipinski definition) is 3. The number of fused-ring (bicyclic) bond motifs is 1. The van der Waals surface area contributed by atoms with Crippen LogP contribution in [0.2, 0.25) is 0 Å². The van der Waals surface area contributed by atoms with Gasteiger partial charge in [0.1, 0.15) is 0 Å². The van der Waals surface area contributed by atoms with Gasteiger partial charge in [0.2, 0.25) is 0 Å². The molecule has 0 radical (unpaired) electrons. The van der Waals surface area contributed by atoms with E-state index in [1.807, 2.05) is 30.4 Å². The summed E-state index contributed by atoms with van der Waals surface area (Å²) in [7, 11) is 0. The second-order valence-corrected chi connectivity index (χ2v) is 7.98. The average molecular weight is 387 g/mol. The molecule has 140 valence electrons. The summed E-state index contributed by atoms with van der Waals surface area (Å²) in [5, 5.41) is 4.26. The zero-order chi connectivity index (χ0) is 19.3. The molecule has 0 saturated carbocycles. The van der Waals surface area contributed by atoms with Crippen molar-refractivity contribution in [3.8, 4) is 10.4 Å². The zero-order valence-electron chi connectivity index (χ0n) is 15.8. The SMILES string of the molecule is Cc1ccc(C(=O)NCCCc2ccc(-c3cc4ccccc4s3)cc2)cn1. The Morgan fingerprint density at radius 2 is 1.86 bits per heavy atom. The Kier molecular flexibility index (Phi) is 5.49. The van der Waals surface area contributed by atoms with E-state index in [1.165, 1.54) is 26.1 Å². The molecule has 0 saturated heterocycles. The monoisotopic (exact) mass is 386 g/mol. The smallest absolute Gasteiger partial charge is 0.252 e. The quantitative estimate of drug-likeness (QED) is 0.436. The van der Waals surface area contributed by atoms with Crippen LogP contribution in [0, 0.1) is 6.92 Å². The van der Waals surface area contributed by atoms with E-state index in [4.69, 9.17) is 0 Å². The molecule has 0 aliphatic rings. The second kappa shape index (κ2) is 8.36. The van der Waals surface area contributed by atoms with Crippen LogP contribution in [-0.4, -0.2) is 17.4 Å². The molecule has 0 aliphatic heterocycles. The second-order valence-electron chi connectivity index (χ2n) is 6.89. The van der Waals surface area contributed by atoms with E-state index in [1.54, 1.807) is 6.20 Å². The molecular weight excluding hydrogens is 364 g/mol. The molecule has 0 unspecified atom stereocenters. The molecule has 2 heterocycles. The lowest BCUT2D eigenvalue weighted by atomic mass is 10.1. The summed E-state index contributed by atoms with van der Waals surface area (Å²) in [5.74, 6) is -0.0624. The van der Waals surface area contributed by atoms with E-state index < -0.39 is 0 Å². The molecule has 1 amide bonds. The van der Waals surface area contributed by atoms with E-state index in [0.29, 0.717) is 12.1 Å². The number of carbonyl (C=O) groups excluding carboxylic acids is 1. The Morgan fingerprint density at radius 3 is 2.61 bits per heavy atom. The van der Waals surface area contributed by atoms with Crippen molar-refractivity contribution in [3.63, 3.8) is 0 Å². The summed E-state index contributed by atoms with van der Waals surface area (Å²) in [4.78, 5) is 17.6. The Morgan fingerprint density at radius 1 is 1.04 bits per heavy atom. The molecule has 4 heteroatoms. The molecule has 0 bridgehead atoms. The number of carbonyl (C=O) groups is 1. The number of nitrogens with zero attached hydrogens (tertiary/aromatic N) is 1. The van der Waals surface area contributed by atoms with E-state index in [2.05, 4.69) is 64.9 Å². The lowest BCUT2D eigenvalue weighted by Crippen LogP contribution is -2.24. The number of benzene rings is 2. The highest BCUT2D eigenvalue weighted by Crippen LogP contribution is 2.33. The minimum Gasteiger partial charge on any atom is -0.352 e. The van der Waals surface area contributed by atoms with Gasteiger partial charge >= 0.3 is 0 Å². The van der Waals surface area contributed by atoms with Crippen LogP contribution in [0.3, 0.4) is 0 Å². The van der Waals surface area contributed by atoms with Crippen molar-refractivity contribution in [2.45, 2.75) is 19.8 Å². The Hall–Kier alpha value is -2.98. The van der Waals surface area contributed by atoms with Gasteiger partial charge in [0.15, 0.2) is 0 Å². The van der Waals surface area contributed by atoms with E-state index in [-0.39, 0.29) is 5.91 Å². The maximum atomic E-state index is 12.1. The van der Waals surface area contributed by atoms with Gasteiger partial charge in [0.05, 0.1) is 5.56 Å². The van der Waals surface area contributed by atoms with Gasteiger partial charge in [-0.25, -0.2) is 0 Å². The predicted octanol–water partition coefficient (Wildman–Crippen LogP) is 5.63. The molecule has 3 nitrogen and oxygen atoms in total. The maximum absolute atomic E-state index is 12.1. The van der Waals surface area contributed by atoms with Gasteiger partial charge in [0, 0.05) is 28.0 Å². The Labute approximate surface area is 169 Å². The van der Waals surface area contributed by atoms with Crippen LogP contribution < -0.4 is 5.32 Å². The summed E-state index contributed by atoms with van der Waals surface area (Å²) in [6, 6.07) is 23.2. The Balaban J connectivity index is 1.30. The molecule has 0 spiro atoms. The average Bonchev–Trinajstić information content (AvgIpc) is 3.16. The molecule has 28 heavy (non-hydrogen) atoms. The molecule has 0 aliphatic carbocycles. The fourth-order valence-electron chi connectivity index (χ4n) is 3.16. The summed E-state index contributed by atoms with van der Waals surface area (Å²) in [6.07, 6.45) is 3.48. The normalized spacial score (nSPS) is 10.9.